The summed E-state index contributed by atoms with van der Waals surface area (Å²) in [4.78, 5) is 29.4. The minimum absolute atomic E-state index is 0.00597. The Bertz CT molecular complexity index is 1370. The summed E-state index contributed by atoms with van der Waals surface area (Å²) in [6, 6.07) is 6.95. The number of hydrogen-bond donors (Lipinski definition) is 0. The quantitative estimate of drug-likeness (QED) is 0.431. The van der Waals surface area contributed by atoms with Crippen LogP contribution < -0.4 is 11.2 Å². The van der Waals surface area contributed by atoms with Crippen molar-refractivity contribution < 1.29 is 13.2 Å². The molecule has 0 radical (unpaired) electrons. The molecule has 2 aromatic heterocycles. The number of aryl methyl sites for hydroxylation is 1. The molecule has 0 fully saturated rings. The summed E-state index contributed by atoms with van der Waals surface area (Å²) in [7, 11) is 1.38. The monoisotopic (exact) mass is 441 g/mol. The molecule has 0 spiro atoms. The standard InChI is InChI=1S/C22H16F3N3O2.C2H6/c1-4-7-14(2)10-11-15-12-17(22(23,24)25)19(26-13-15)28-20(29)16-8-5-6-9-18(16)27(3)21(28)30;1-2/h4-9,12-13H,1H2,2-3H3;1-2H3/b14-7+;. The summed E-state index contributed by atoms with van der Waals surface area (Å²) < 4.78 is 42.9. The minimum Gasteiger partial charge on any atom is -0.296 e. The van der Waals surface area contributed by atoms with Crippen molar-refractivity contribution in [2.45, 2.75) is 26.9 Å². The Hall–Kier alpha value is -3.86. The fourth-order valence-electron chi connectivity index (χ4n) is 2.90. The maximum absolute atomic E-state index is 13.8. The highest BCUT2D eigenvalue weighted by Gasteiger charge is 2.36. The van der Waals surface area contributed by atoms with Crippen LogP contribution >= 0.6 is 0 Å². The van der Waals surface area contributed by atoms with Crippen LogP contribution in [0.3, 0.4) is 0 Å². The third-order valence-electron chi connectivity index (χ3n) is 4.33. The maximum atomic E-state index is 13.8. The highest BCUT2D eigenvalue weighted by molar-refractivity contribution is 5.78. The molecule has 3 aromatic rings. The second-order valence-electron chi connectivity index (χ2n) is 6.43. The van der Waals surface area contributed by atoms with Crippen LogP contribution in [0.15, 0.2) is 70.4 Å². The van der Waals surface area contributed by atoms with Gasteiger partial charge in [0.2, 0.25) is 0 Å². The molecule has 0 saturated heterocycles. The van der Waals surface area contributed by atoms with Crippen LogP contribution in [-0.2, 0) is 13.2 Å². The number of allylic oxidation sites excluding steroid dienone is 3. The van der Waals surface area contributed by atoms with Gasteiger partial charge < -0.3 is 0 Å². The molecule has 32 heavy (non-hydrogen) atoms. The van der Waals surface area contributed by atoms with Crippen LogP contribution in [-0.4, -0.2) is 14.1 Å². The number of rotatable bonds is 2. The van der Waals surface area contributed by atoms with Gasteiger partial charge >= 0.3 is 11.9 Å². The van der Waals surface area contributed by atoms with Crippen LogP contribution in [0.25, 0.3) is 16.7 Å². The van der Waals surface area contributed by atoms with Crippen LogP contribution in [0.2, 0.25) is 0 Å². The van der Waals surface area contributed by atoms with E-state index in [1.54, 1.807) is 31.2 Å². The topological polar surface area (TPSA) is 56.9 Å². The van der Waals surface area contributed by atoms with E-state index in [9.17, 15) is 22.8 Å². The summed E-state index contributed by atoms with van der Waals surface area (Å²) >= 11 is 0. The number of halogens is 3. The van der Waals surface area contributed by atoms with E-state index >= 15 is 0 Å². The molecule has 0 atom stereocenters. The van der Waals surface area contributed by atoms with Crippen molar-refractivity contribution in [1.82, 2.24) is 14.1 Å². The van der Waals surface area contributed by atoms with Crippen molar-refractivity contribution in [3.63, 3.8) is 0 Å². The van der Waals surface area contributed by atoms with Gasteiger partial charge in [-0.3, -0.25) is 9.36 Å². The molecule has 5 nitrogen and oxygen atoms in total. The summed E-state index contributed by atoms with van der Waals surface area (Å²) in [5.41, 5.74) is -2.13. The van der Waals surface area contributed by atoms with E-state index in [2.05, 4.69) is 23.4 Å². The number of aromatic nitrogens is 3. The van der Waals surface area contributed by atoms with Gasteiger partial charge in [-0.15, -0.1) is 0 Å². The van der Waals surface area contributed by atoms with E-state index in [4.69, 9.17) is 0 Å². The summed E-state index contributed by atoms with van der Waals surface area (Å²) in [6.45, 7) is 9.20. The van der Waals surface area contributed by atoms with E-state index in [0.29, 0.717) is 15.7 Å². The minimum atomic E-state index is -4.86. The number of nitrogens with zero attached hydrogens (tertiary/aromatic N) is 3. The molecule has 1 aromatic carbocycles. The third kappa shape index (κ3) is 4.89. The Kier molecular flexibility index (Phi) is 7.60. The Morgan fingerprint density at radius 1 is 1.19 bits per heavy atom. The van der Waals surface area contributed by atoms with Gasteiger partial charge in [-0.05, 0) is 30.7 Å². The van der Waals surface area contributed by atoms with Gasteiger partial charge in [0.15, 0.2) is 5.82 Å². The van der Waals surface area contributed by atoms with E-state index in [1.807, 2.05) is 13.8 Å². The Morgan fingerprint density at radius 3 is 2.47 bits per heavy atom. The Labute approximate surface area is 183 Å². The zero-order chi connectivity index (χ0) is 24.1. The molecular formula is C24H22F3N3O2. The van der Waals surface area contributed by atoms with Crippen LogP contribution in [0.5, 0.6) is 0 Å². The van der Waals surface area contributed by atoms with Crippen LogP contribution in [0.1, 0.15) is 31.9 Å². The zero-order valence-corrected chi connectivity index (χ0v) is 18.1. The van der Waals surface area contributed by atoms with Gasteiger partial charge in [-0.25, -0.2) is 14.3 Å². The van der Waals surface area contributed by atoms with Crippen molar-refractivity contribution in [2.75, 3.05) is 0 Å². The molecule has 0 amide bonds. The lowest BCUT2D eigenvalue weighted by molar-refractivity contribution is -0.137. The van der Waals surface area contributed by atoms with E-state index < -0.39 is 28.8 Å². The first-order valence-corrected chi connectivity index (χ1v) is 9.75. The fraction of sp³-hybridized carbons (Fsp3) is 0.208. The van der Waals surface area contributed by atoms with Gasteiger partial charge in [-0.1, -0.05) is 56.6 Å². The highest BCUT2D eigenvalue weighted by atomic mass is 19.4. The number of hydrogen-bond acceptors (Lipinski definition) is 3. The number of pyridine rings is 1. The normalized spacial score (nSPS) is 11.3. The predicted octanol–water partition coefficient (Wildman–Crippen LogP) is 4.61. The molecule has 3 rings (SSSR count). The lowest BCUT2D eigenvalue weighted by Gasteiger charge is -2.15. The smallest absolute Gasteiger partial charge is 0.296 e. The second kappa shape index (κ2) is 9.96. The molecule has 0 aliphatic rings. The van der Waals surface area contributed by atoms with Crippen LogP contribution in [0, 0.1) is 11.8 Å². The SMILES string of the molecule is C=C/C=C(\C)C#Cc1cnc(-n2c(=O)c3ccccc3n(C)c2=O)c(C(F)(F)F)c1.CC. The summed E-state index contributed by atoms with van der Waals surface area (Å²) in [5.74, 6) is 4.49. The average Bonchev–Trinajstić information content (AvgIpc) is 2.78. The first-order valence-electron chi connectivity index (χ1n) is 9.75. The van der Waals surface area contributed by atoms with Crippen molar-refractivity contribution >= 4 is 10.9 Å². The van der Waals surface area contributed by atoms with Gasteiger partial charge in [0.25, 0.3) is 5.56 Å². The Balaban J connectivity index is 0.00000176. The number of alkyl halides is 3. The molecule has 0 N–H and O–H groups in total. The van der Waals surface area contributed by atoms with Crippen molar-refractivity contribution in [1.29, 1.82) is 0 Å². The van der Waals surface area contributed by atoms with Gasteiger partial charge in [-0.2, -0.15) is 13.2 Å². The molecule has 166 valence electrons. The molecule has 0 unspecified atom stereocenters. The van der Waals surface area contributed by atoms with E-state index in [0.717, 1.165) is 16.8 Å². The van der Waals surface area contributed by atoms with Gasteiger partial charge in [0.1, 0.15) is 5.56 Å². The van der Waals surface area contributed by atoms with Crippen LogP contribution in [0.4, 0.5) is 13.2 Å². The molecule has 8 heteroatoms. The molecule has 0 saturated carbocycles. The maximum Gasteiger partial charge on any atom is 0.420 e. The van der Waals surface area contributed by atoms with Gasteiger partial charge in [0, 0.05) is 18.8 Å². The molecular weight excluding hydrogens is 419 g/mol. The average molecular weight is 441 g/mol. The van der Waals surface area contributed by atoms with Gasteiger partial charge in [0.05, 0.1) is 10.9 Å². The predicted molar refractivity (Wildman–Crippen MR) is 120 cm³/mol. The van der Waals surface area contributed by atoms with E-state index in [1.165, 1.54) is 19.2 Å². The third-order valence-corrected chi connectivity index (χ3v) is 4.33. The molecule has 0 aliphatic heterocycles. The van der Waals surface area contributed by atoms with E-state index in [-0.39, 0.29) is 10.9 Å². The van der Waals surface area contributed by atoms with Crippen molar-refractivity contribution in [2.24, 2.45) is 7.05 Å². The first kappa shape index (κ1) is 24.4. The summed E-state index contributed by atoms with van der Waals surface area (Å²) in [5, 5.41) is 0.101. The zero-order valence-electron chi connectivity index (χ0n) is 18.1. The molecule has 2 heterocycles. The fourth-order valence-corrected chi connectivity index (χ4v) is 2.90. The highest BCUT2D eigenvalue weighted by Crippen LogP contribution is 2.32. The number of para-hydroxylation sites is 1. The first-order chi connectivity index (χ1) is 15.1. The van der Waals surface area contributed by atoms with Crippen molar-refractivity contribution in [3.8, 4) is 17.7 Å². The largest absolute Gasteiger partial charge is 0.420 e. The number of fused-ring (bicyclic) bond motifs is 1. The molecule has 0 bridgehead atoms. The second-order valence-corrected chi connectivity index (χ2v) is 6.43. The number of benzene rings is 1. The molecule has 0 aliphatic carbocycles. The van der Waals surface area contributed by atoms with Crippen molar-refractivity contribution in [3.05, 3.63) is 92.8 Å². The summed E-state index contributed by atoms with van der Waals surface area (Å²) in [6.07, 6.45) is -0.645. The Morgan fingerprint density at radius 2 is 1.84 bits per heavy atom. The lowest BCUT2D eigenvalue weighted by Crippen LogP contribution is -2.39. The lowest BCUT2D eigenvalue weighted by atomic mass is 10.1.